The van der Waals surface area contributed by atoms with E-state index in [1.165, 1.54) is 0 Å². The molecule has 0 saturated carbocycles. The van der Waals surface area contributed by atoms with Gasteiger partial charge in [-0.3, -0.25) is 4.79 Å². The number of rotatable bonds is 2. The maximum atomic E-state index is 11.4. The Morgan fingerprint density at radius 1 is 1.27 bits per heavy atom. The molecule has 1 aromatic carbocycles. The minimum atomic E-state index is -0.454. The summed E-state index contributed by atoms with van der Waals surface area (Å²) in [5.41, 5.74) is 6.35. The second-order valence-corrected chi connectivity index (χ2v) is 3.02. The summed E-state index contributed by atoms with van der Waals surface area (Å²) in [5, 5.41) is 0. The summed E-state index contributed by atoms with van der Waals surface area (Å²) in [6, 6.07) is 8.99. The number of amides is 1. The van der Waals surface area contributed by atoms with Crippen molar-refractivity contribution in [1.29, 1.82) is 0 Å². The van der Waals surface area contributed by atoms with E-state index in [0.29, 0.717) is 0 Å². The number of carbonyl (C=O) groups excluding carboxylic acids is 1. The Labute approximate surface area is 91.9 Å². The van der Waals surface area contributed by atoms with Crippen LogP contribution in [-0.4, -0.2) is 19.0 Å². The zero-order valence-corrected chi connectivity index (χ0v) is 9.90. The Kier molecular flexibility index (Phi) is 6.38. The van der Waals surface area contributed by atoms with Gasteiger partial charge in [-0.2, -0.15) is 0 Å². The highest BCUT2D eigenvalue weighted by Crippen LogP contribution is 2.11. The highest BCUT2D eigenvalue weighted by Gasteiger charge is 2.13. The van der Waals surface area contributed by atoms with Crippen LogP contribution in [-0.2, 0) is 4.79 Å². The summed E-state index contributed by atoms with van der Waals surface area (Å²) < 4.78 is 0. The lowest BCUT2D eigenvalue weighted by Gasteiger charge is -2.18. The Hall–Kier alpha value is -1.35. The normalized spacial score (nSPS) is 11.0. The summed E-state index contributed by atoms with van der Waals surface area (Å²) in [6.45, 7) is 5.68. The molecule has 1 unspecified atom stereocenters. The average Bonchev–Trinajstić information content (AvgIpc) is 2.31. The molecule has 0 fully saturated rings. The van der Waals surface area contributed by atoms with Gasteiger partial charge in [-0.05, 0) is 19.1 Å². The summed E-state index contributed by atoms with van der Waals surface area (Å²) in [7, 11) is 1.72. The van der Waals surface area contributed by atoms with Crippen LogP contribution in [0.2, 0.25) is 0 Å². The van der Waals surface area contributed by atoms with Gasteiger partial charge in [-0.1, -0.05) is 32.0 Å². The number of hydrogen-bond donors (Lipinski definition) is 1. The van der Waals surface area contributed by atoms with Gasteiger partial charge in [-0.15, -0.1) is 0 Å². The predicted octanol–water partition coefficient (Wildman–Crippen LogP) is 2.02. The molecule has 2 N–H and O–H groups in total. The zero-order valence-electron chi connectivity index (χ0n) is 9.90. The fourth-order valence-electron chi connectivity index (χ4n) is 1.08. The molecule has 0 spiro atoms. The van der Waals surface area contributed by atoms with Crippen LogP contribution in [0.1, 0.15) is 20.8 Å². The number of hydrogen-bond acceptors (Lipinski definition) is 2. The predicted molar refractivity (Wildman–Crippen MR) is 64.8 cm³/mol. The molecule has 1 aromatic rings. The average molecular weight is 208 g/mol. The summed E-state index contributed by atoms with van der Waals surface area (Å²) in [6.07, 6.45) is 0. The van der Waals surface area contributed by atoms with E-state index in [0.717, 1.165) is 5.69 Å². The number of nitrogens with zero attached hydrogens (tertiary/aromatic N) is 1. The molecule has 84 valence electrons. The van der Waals surface area contributed by atoms with E-state index in [2.05, 4.69) is 0 Å². The summed E-state index contributed by atoms with van der Waals surface area (Å²) >= 11 is 0. The molecule has 0 aromatic heterocycles. The second-order valence-electron chi connectivity index (χ2n) is 3.02. The monoisotopic (exact) mass is 208 g/mol. The van der Waals surface area contributed by atoms with Gasteiger partial charge in [0.05, 0.1) is 6.04 Å². The first kappa shape index (κ1) is 13.7. The van der Waals surface area contributed by atoms with E-state index in [1.807, 2.05) is 44.2 Å². The first-order valence-corrected chi connectivity index (χ1v) is 5.21. The topological polar surface area (TPSA) is 46.3 Å². The summed E-state index contributed by atoms with van der Waals surface area (Å²) in [4.78, 5) is 13.0. The Balaban J connectivity index is 0.000000921. The number of carbonyl (C=O) groups is 1. The first-order valence-electron chi connectivity index (χ1n) is 5.21. The minimum absolute atomic E-state index is 0.0776. The van der Waals surface area contributed by atoms with E-state index >= 15 is 0 Å². The van der Waals surface area contributed by atoms with Gasteiger partial charge in [-0.25, -0.2) is 0 Å². The molecule has 3 heteroatoms. The van der Waals surface area contributed by atoms with Crippen LogP contribution in [0.15, 0.2) is 30.3 Å². The van der Waals surface area contributed by atoms with E-state index in [1.54, 1.807) is 18.9 Å². The second kappa shape index (κ2) is 7.01. The fourth-order valence-corrected chi connectivity index (χ4v) is 1.08. The number of para-hydroxylation sites is 1. The molecule has 0 saturated heterocycles. The molecule has 1 atom stereocenters. The van der Waals surface area contributed by atoms with Crippen LogP contribution >= 0.6 is 0 Å². The number of benzene rings is 1. The van der Waals surface area contributed by atoms with Crippen molar-refractivity contribution in [3.63, 3.8) is 0 Å². The van der Waals surface area contributed by atoms with Gasteiger partial charge in [0.2, 0.25) is 5.91 Å². The number of nitrogens with two attached hydrogens (primary N) is 1. The van der Waals surface area contributed by atoms with Gasteiger partial charge in [0.1, 0.15) is 0 Å². The van der Waals surface area contributed by atoms with Gasteiger partial charge < -0.3 is 10.6 Å². The third-order valence-electron chi connectivity index (χ3n) is 1.86. The van der Waals surface area contributed by atoms with Gasteiger partial charge >= 0.3 is 0 Å². The molecule has 0 heterocycles. The molecule has 15 heavy (non-hydrogen) atoms. The van der Waals surface area contributed by atoms with Crippen LogP contribution in [0.5, 0.6) is 0 Å². The third kappa shape index (κ3) is 4.13. The maximum absolute atomic E-state index is 11.4. The standard InChI is InChI=1S/C10H14N2O.C2H6/c1-8(11)10(13)12(2)9-6-4-3-5-7-9;1-2/h3-8H,11H2,1-2H3;1-2H3. The van der Waals surface area contributed by atoms with Crippen molar-refractivity contribution in [2.45, 2.75) is 26.8 Å². The lowest BCUT2D eigenvalue weighted by atomic mass is 10.2. The smallest absolute Gasteiger partial charge is 0.243 e. The Bertz CT molecular complexity index is 283. The molecule has 0 aliphatic rings. The quantitative estimate of drug-likeness (QED) is 0.808. The van der Waals surface area contributed by atoms with Crippen LogP contribution < -0.4 is 10.6 Å². The van der Waals surface area contributed by atoms with Crippen molar-refractivity contribution >= 4 is 11.6 Å². The van der Waals surface area contributed by atoms with E-state index < -0.39 is 6.04 Å². The third-order valence-corrected chi connectivity index (χ3v) is 1.86. The van der Waals surface area contributed by atoms with Gasteiger partial charge in [0, 0.05) is 12.7 Å². The molecule has 0 aliphatic heterocycles. The zero-order chi connectivity index (χ0) is 11.8. The molecule has 3 nitrogen and oxygen atoms in total. The number of anilines is 1. The highest BCUT2D eigenvalue weighted by atomic mass is 16.2. The Morgan fingerprint density at radius 3 is 2.13 bits per heavy atom. The maximum Gasteiger partial charge on any atom is 0.243 e. The van der Waals surface area contributed by atoms with Crippen molar-refractivity contribution in [1.82, 2.24) is 0 Å². The molecular weight excluding hydrogens is 188 g/mol. The number of likely N-dealkylation sites (N-methyl/N-ethyl adjacent to an activating group) is 1. The van der Waals surface area contributed by atoms with Crippen LogP contribution in [0, 0.1) is 0 Å². The van der Waals surface area contributed by atoms with E-state index in [4.69, 9.17) is 5.73 Å². The van der Waals surface area contributed by atoms with Crippen LogP contribution in [0.3, 0.4) is 0 Å². The lowest BCUT2D eigenvalue weighted by molar-refractivity contribution is -0.119. The van der Waals surface area contributed by atoms with E-state index in [9.17, 15) is 4.79 Å². The summed E-state index contributed by atoms with van der Waals surface area (Å²) in [5.74, 6) is -0.0776. The Morgan fingerprint density at radius 2 is 1.73 bits per heavy atom. The van der Waals surface area contributed by atoms with Crippen LogP contribution in [0.25, 0.3) is 0 Å². The van der Waals surface area contributed by atoms with Gasteiger partial charge in [0.25, 0.3) is 0 Å². The molecule has 0 aliphatic carbocycles. The highest BCUT2D eigenvalue weighted by molar-refractivity contribution is 5.96. The molecule has 1 rings (SSSR count). The van der Waals surface area contributed by atoms with Crippen molar-refractivity contribution < 1.29 is 4.79 Å². The van der Waals surface area contributed by atoms with Crippen molar-refractivity contribution in [2.24, 2.45) is 5.73 Å². The fraction of sp³-hybridized carbons (Fsp3) is 0.417. The van der Waals surface area contributed by atoms with E-state index in [-0.39, 0.29) is 5.91 Å². The van der Waals surface area contributed by atoms with Crippen molar-refractivity contribution in [3.05, 3.63) is 30.3 Å². The molecular formula is C12H20N2O. The molecule has 0 radical (unpaired) electrons. The van der Waals surface area contributed by atoms with Crippen molar-refractivity contribution in [2.75, 3.05) is 11.9 Å². The van der Waals surface area contributed by atoms with Crippen LogP contribution in [0.4, 0.5) is 5.69 Å². The molecule has 0 bridgehead atoms. The lowest BCUT2D eigenvalue weighted by Crippen LogP contribution is -2.39. The largest absolute Gasteiger partial charge is 0.320 e. The minimum Gasteiger partial charge on any atom is -0.320 e. The molecule has 1 amide bonds. The SMILES string of the molecule is CC.CC(N)C(=O)N(C)c1ccccc1. The first-order chi connectivity index (χ1) is 7.13. The van der Waals surface area contributed by atoms with Crippen molar-refractivity contribution in [3.8, 4) is 0 Å². The van der Waals surface area contributed by atoms with Gasteiger partial charge in [0.15, 0.2) is 0 Å².